The van der Waals surface area contributed by atoms with Crippen molar-refractivity contribution in [3.8, 4) is 0 Å². The molecule has 0 bridgehead atoms. The molecule has 0 spiro atoms. The van der Waals surface area contributed by atoms with Crippen molar-refractivity contribution in [1.82, 2.24) is 5.06 Å². The van der Waals surface area contributed by atoms with Crippen LogP contribution in [0.25, 0.3) is 0 Å². The average molecular weight is 424 g/mol. The predicted octanol–water partition coefficient (Wildman–Crippen LogP) is 2.87. The highest BCUT2D eigenvalue weighted by Gasteiger charge is 2.53. The van der Waals surface area contributed by atoms with Gasteiger partial charge in [0.2, 0.25) is 0 Å². The number of hydroxylamine groups is 2. The molecule has 0 saturated carbocycles. The molecule has 168 valence electrons. The molecule has 0 aromatic heterocycles. The molecule has 1 N–H and O–H groups in total. The number of esters is 1. The third-order valence-corrected chi connectivity index (χ3v) is 5.38. The van der Waals surface area contributed by atoms with Gasteiger partial charge in [0.25, 0.3) is 0 Å². The normalized spacial score (nSPS) is 28.6. The van der Waals surface area contributed by atoms with Crippen molar-refractivity contribution < 1.29 is 33.7 Å². The molecule has 8 nitrogen and oxygen atoms in total. The van der Waals surface area contributed by atoms with Crippen molar-refractivity contribution in [1.29, 1.82) is 0 Å². The highest BCUT2D eigenvalue weighted by molar-refractivity contribution is 5.69. The SMILES string of the molecule is COC(=O)CC[C@@H]([C@@H]1OC(C)(C)O[C@H]1[C@H]1COC(C)(C)O1)N(O)Cc1ccccc1. The van der Waals surface area contributed by atoms with Crippen LogP contribution in [0.2, 0.25) is 0 Å². The molecule has 2 saturated heterocycles. The summed E-state index contributed by atoms with van der Waals surface area (Å²) in [4.78, 5) is 11.8. The molecule has 0 radical (unpaired) electrons. The molecule has 2 aliphatic rings. The van der Waals surface area contributed by atoms with Gasteiger partial charge in [-0.05, 0) is 39.7 Å². The smallest absolute Gasteiger partial charge is 0.305 e. The van der Waals surface area contributed by atoms with Crippen LogP contribution in [0.5, 0.6) is 0 Å². The van der Waals surface area contributed by atoms with Crippen LogP contribution in [0.15, 0.2) is 30.3 Å². The van der Waals surface area contributed by atoms with Crippen LogP contribution in [0.4, 0.5) is 0 Å². The zero-order valence-corrected chi connectivity index (χ0v) is 18.4. The predicted molar refractivity (Wildman–Crippen MR) is 108 cm³/mol. The highest BCUT2D eigenvalue weighted by atomic mass is 16.8. The van der Waals surface area contributed by atoms with Gasteiger partial charge in [-0.1, -0.05) is 30.3 Å². The lowest BCUT2D eigenvalue weighted by atomic mass is 9.96. The maximum Gasteiger partial charge on any atom is 0.305 e. The first-order chi connectivity index (χ1) is 14.1. The Morgan fingerprint density at radius 1 is 1.17 bits per heavy atom. The van der Waals surface area contributed by atoms with Crippen molar-refractivity contribution in [3.05, 3.63) is 35.9 Å². The van der Waals surface area contributed by atoms with Gasteiger partial charge in [-0.25, -0.2) is 0 Å². The number of carbonyl (C=O) groups excluding carboxylic acids is 1. The van der Waals surface area contributed by atoms with Crippen LogP contribution in [-0.4, -0.2) is 65.9 Å². The first-order valence-electron chi connectivity index (χ1n) is 10.3. The standard InChI is InChI=1S/C22H33NO7/c1-21(2)27-14-17(28-21)20-19(29-22(3,4)30-20)16(11-12-18(24)26-5)23(25)13-15-9-7-6-8-10-15/h6-10,16-17,19-20,25H,11-14H2,1-5H3/t16-,17+,19-,20-/m0/s1. The third-order valence-electron chi connectivity index (χ3n) is 5.38. The van der Waals surface area contributed by atoms with Crippen molar-refractivity contribution in [3.63, 3.8) is 0 Å². The summed E-state index contributed by atoms with van der Waals surface area (Å²) in [6.45, 7) is 8.01. The number of benzene rings is 1. The van der Waals surface area contributed by atoms with Gasteiger partial charge in [0, 0.05) is 13.0 Å². The minimum absolute atomic E-state index is 0.146. The second-order valence-corrected chi connectivity index (χ2v) is 8.70. The van der Waals surface area contributed by atoms with Gasteiger partial charge >= 0.3 is 5.97 Å². The van der Waals surface area contributed by atoms with Crippen LogP contribution in [0.3, 0.4) is 0 Å². The van der Waals surface area contributed by atoms with Gasteiger partial charge in [0.15, 0.2) is 11.6 Å². The quantitative estimate of drug-likeness (QED) is 0.505. The molecular weight excluding hydrogens is 390 g/mol. The Morgan fingerprint density at radius 3 is 2.47 bits per heavy atom. The Kier molecular flexibility index (Phi) is 7.16. The zero-order valence-electron chi connectivity index (χ0n) is 18.4. The fourth-order valence-corrected chi connectivity index (χ4v) is 4.02. The number of hydrogen-bond donors (Lipinski definition) is 1. The minimum atomic E-state index is -0.859. The number of methoxy groups -OCH3 is 1. The highest BCUT2D eigenvalue weighted by Crippen LogP contribution is 2.38. The average Bonchev–Trinajstić information content (AvgIpc) is 3.20. The van der Waals surface area contributed by atoms with Gasteiger partial charge in [-0.2, -0.15) is 5.06 Å². The molecule has 1 aromatic carbocycles. The molecule has 3 rings (SSSR count). The van der Waals surface area contributed by atoms with Crippen molar-refractivity contribution in [2.75, 3.05) is 13.7 Å². The van der Waals surface area contributed by atoms with E-state index in [9.17, 15) is 10.0 Å². The molecule has 0 amide bonds. The summed E-state index contributed by atoms with van der Waals surface area (Å²) in [6.07, 6.45) is -0.852. The van der Waals surface area contributed by atoms with Crippen LogP contribution in [0.1, 0.15) is 46.1 Å². The summed E-state index contributed by atoms with van der Waals surface area (Å²) < 4.78 is 28.9. The fourth-order valence-electron chi connectivity index (χ4n) is 4.02. The summed E-state index contributed by atoms with van der Waals surface area (Å²) in [7, 11) is 1.35. The summed E-state index contributed by atoms with van der Waals surface area (Å²) in [5.41, 5.74) is 0.944. The summed E-state index contributed by atoms with van der Waals surface area (Å²) in [5, 5.41) is 12.2. The number of nitrogens with zero attached hydrogens (tertiary/aromatic N) is 1. The van der Waals surface area contributed by atoms with E-state index in [-0.39, 0.29) is 25.0 Å². The van der Waals surface area contributed by atoms with Crippen molar-refractivity contribution in [2.24, 2.45) is 0 Å². The second-order valence-electron chi connectivity index (χ2n) is 8.70. The lowest BCUT2D eigenvalue weighted by Gasteiger charge is -2.34. The lowest BCUT2D eigenvalue weighted by molar-refractivity contribution is -0.191. The second kappa shape index (κ2) is 9.30. The Hall–Kier alpha value is -1.55. The molecular formula is C22H33NO7. The van der Waals surface area contributed by atoms with Gasteiger partial charge in [-0.15, -0.1) is 0 Å². The van der Waals surface area contributed by atoms with Crippen molar-refractivity contribution in [2.45, 2.75) is 83.0 Å². The fraction of sp³-hybridized carbons (Fsp3) is 0.682. The largest absolute Gasteiger partial charge is 0.469 e. The molecule has 2 heterocycles. The van der Waals surface area contributed by atoms with Crippen LogP contribution in [0, 0.1) is 0 Å². The van der Waals surface area contributed by atoms with Gasteiger partial charge in [0.1, 0.15) is 18.3 Å². The first kappa shape index (κ1) is 23.1. The van der Waals surface area contributed by atoms with E-state index < -0.39 is 29.8 Å². The molecule has 2 aliphatic heterocycles. The summed E-state index contributed by atoms with van der Waals surface area (Å²) in [5.74, 6) is -1.91. The van der Waals surface area contributed by atoms with Crippen LogP contribution < -0.4 is 0 Å². The third kappa shape index (κ3) is 5.78. The summed E-state index contributed by atoms with van der Waals surface area (Å²) in [6, 6.07) is 9.11. The monoisotopic (exact) mass is 423 g/mol. The molecule has 4 atom stereocenters. The van der Waals surface area contributed by atoms with Crippen molar-refractivity contribution >= 4 is 5.97 Å². The number of carbonyl (C=O) groups is 1. The van der Waals surface area contributed by atoms with Gasteiger partial charge in [-0.3, -0.25) is 4.79 Å². The molecule has 30 heavy (non-hydrogen) atoms. The number of ether oxygens (including phenoxy) is 5. The van der Waals surface area contributed by atoms with Gasteiger partial charge in [0.05, 0.1) is 19.8 Å². The van der Waals surface area contributed by atoms with E-state index >= 15 is 0 Å². The van der Waals surface area contributed by atoms with E-state index in [1.54, 1.807) is 0 Å². The first-order valence-corrected chi connectivity index (χ1v) is 10.3. The van der Waals surface area contributed by atoms with E-state index in [4.69, 9.17) is 23.7 Å². The van der Waals surface area contributed by atoms with E-state index in [0.717, 1.165) is 5.56 Å². The van der Waals surface area contributed by atoms with E-state index in [1.807, 2.05) is 58.0 Å². The van der Waals surface area contributed by atoms with Crippen LogP contribution in [-0.2, 0) is 35.0 Å². The molecule has 2 fully saturated rings. The lowest BCUT2D eigenvalue weighted by Crippen LogP contribution is -2.50. The molecule has 1 aromatic rings. The van der Waals surface area contributed by atoms with Gasteiger partial charge < -0.3 is 28.9 Å². The molecule has 0 unspecified atom stereocenters. The maximum absolute atomic E-state index is 11.8. The van der Waals surface area contributed by atoms with E-state index in [1.165, 1.54) is 12.2 Å². The Balaban J connectivity index is 1.82. The molecule has 8 heteroatoms. The topological polar surface area (TPSA) is 86.7 Å². The number of rotatable bonds is 8. The minimum Gasteiger partial charge on any atom is -0.469 e. The zero-order chi connectivity index (χ0) is 21.9. The Morgan fingerprint density at radius 2 is 1.87 bits per heavy atom. The summed E-state index contributed by atoms with van der Waals surface area (Å²) >= 11 is 0. The maximum atomic E-state index is 11.8. The Bertz CT molecular complexity index is 709. The Labute approximate surface area is 177 Å². The molecule has 0 aliphatic carbocycles. The number of hydrogen-bond acceptors (Lipinski definition) is 8. The van der Waals surface area contributed by atoms with Crippen LogP contribution >= 0.6 is 0 Å². The van der Waals surface area contributed by atoms with E-state index in [2.05, 4.69) is 0 Å². The van der Waals surface area contributed by atoms with E-state index in [0.29, 0.717) is 13.0 Å².